The second kappa shape index (κ2) is 5.42. The summed E-state index contributed by atoms with van der Waals surface area (Å²) in [5, 5.41) is 20.8. The Balaban J connectivity index is 0.00000169. The average Bonchev–Trinajstić information content (AvgIpc) is 2.02. The Morgan fingerprint density at radius 2 is 2.00 bits per heavy atom. The predicted molar refractivity (Wildman–Crippen MR) is 41.8 cm³/mol. The van der Waals surface area contributed by atoms with Crippen LogP contribution in [0, 0.1) is 10.1 Å². The summed E-state index contributed by atoms with van der Waals surface area (Å²) in [5.41, 5.74) is 3.93. The molecule has 0 aliphatic rings. The van der Waals surface area contributed by atoms with E-state index in [1.165, 1.54) is 12.1 Å². The number of nitrogens with two attached hydrogens (primary N) is 1. The van der Waals surface area contributed by atoms with Crippen LogP contribution in [-0.2, 0) is 0 Å². The van der Waals surface area contributed by atoms with E-state index in [9.17, 15) is 20.0 Å². The number of carbonyl (C=O) groups is 1. The summed E-state index contributed by atoms with van der Waals surface area (Å²) < 4.78 is 0. The van der Waals surface area contributed by atoms with Gasteiger partial charge in [0.05, 0.1) is 16.5 Å². The number of nitrogen functional groups attached to an aromatic ring is 1. The van der Waals surface area contributed by atoms with Gasteiger partial charge in [-0.05, 0) is 6.07 Å². The first-order valence-corrected chi connectivity index (χ1v) is 3.28. The zero-order valence-corrected chi connectivity index (χ0v) is 10.5. The molecule has 0 aliphatic heterocycles. The van der Waals surface area contributed by atoms with Crippen LogP contribution in [0.3, 0.4) is 0 Å². The van der Waals surface area contributed by atoms with Gasteiger partial charge < -0.3 is 15.6 Å². The van der Waals surface area contributed by atoms with E-state index < -0.39 is 22.1 Å². The molecule has 14 heavy (non-hydrogen) atoms. The number of nitrogens with zero attached hydrogens (tertiary/aromatic N) is 1. The molecule has 0 spiro atoms. The topological polar surface area (TPSA) is 109 Å². The van der Waals surface area contributed by atoms with Crippen molar-refractivity contribution >= 4 is 17.3 Å². The fourth-order valence-electron chi connectivity index (χ4n) is 0.932. The number of anilines is 1. The molecule has 0 fully saturated rings. The Labute approximate surface area is 122 Å². The molecule has 0 aromatic heterocycles. The Morgan fingerprint density at radius 1 is 1.43 bits per heavy atom. The maximum Gasteiger partial charge on any atom is 1.00 e. The van der Waals surface area contributed by atoms with Gasteiger partial charge in [-0.1, -0.05) is 6.07 Å². The number of carbonyl (C=O) groups excluding carboxylic acids is 1. The number of benzene rings is 1. The normalized spacial score (nSPS) is 8.86. The van der Waals surface area contributed by atoms with Crippen LogP contribution < -0.4 is 62.2 Å². The minimum absolute atomic E-state index is 0. The van der Waals surface area contributed by atoms with Crippen LogP contribution in [0.1, 0.15) is 10.4 Å². The van der Waals surface area contributed by atoms with Crippen molar-refractivity contribution in [3.8, 4) is 0 Å². The molecule has 1 aromatic carbocycles. The largest absolute Gasteiger partial charge is 1.00 e. The van der Waals surface area contributed by atoms with E-state index in [0.717, 1.165) is 6.07 Å². The molecule has 0 bridgehead atoms. The van der Waals surface area contributed by atoms with Crippen LogP contribution in [0.4, 0.5) is 11.4 Å². The van der Waals surface area contributed by atoms with E-state index in [1.54, 1.807) is 0 Å². The zero-order valence-electron chi connectivity index (χ0n) is 7.39. The van der Waals surface area contributed by atoms with E-state index >= 15 is 0 Å². The van der Waals surface area contributed by atoms with Gasteiger partial charge in [0.1, 0.15) is 0 Å². The maximum absolute atomic E-state index is 10.5. The van der Waals surface area contributed by atoms with Crippen molar-refractivity contribution in [2.75, 3.05) is 5.73 Å². The van der Waals surface area contributed by atoms with E-state index in [0.29, 0.717) is 0 Å². The fraction of sp³-hybridized carbons (Fsp3) is 0. The van der Waals surface area contributed by atoms with Crippen molar-refractivity contribution in [2.45, 2.75) is 0 Å². The summed E-state index contributed by atoms with van der Waals surface area (Å²) in [5.74, 6) is -1.65. The Kier molecular flexibility index (Phi) is 5.23. The molecule has 68 valence electrons. The summed E-state index contributed by atoms with van der Waals surface area (Å²) in [4.78, 5) is 20.0. The minimum atomic E-state index is -1.65. The summed E-state index contributed by atoms with van der Waals surface area (Å²) in [7, 11) is 0. The van der Waals surface area contributed by atoms with Crippen LogP contribution in [-0.4, -0.2) is 10.9 Å². The molecule has 0 aliphatic carbocycles. The fourth-order valence-corrected chi connectivity index (χ4v) is 0.932. The quantitative estimate of drug-likeness (QED) is 0.241. The molecular weight excluding hydrogens is 215 g/mol. The molecule has 0 amide bonds. The monoisotopic (exact) mass is 220 g/mol. The Bertz CT molecular complexity index is 380. The van der Waals surface area contributed by atoms with Gasteiger partial charge in [-0.3, -0.25) is 10.1 Å². The van der Waals surface area contributed by atoms with Crippen molar-refractivity contribution in [1.29, 1.82) is 0 Å². The summed E-state index contributed by atoms with van der Waals surface area (Å²) >= 11 is 0. The summed E-state index contributed by atoms with van der Waals surface area (Å²) in [6.07, 6.45) is 0. The number of hydrogen-bond donors (Lipinski definition) is 1. The maximum atomic E-state index is 10.5. The third-order valence-electron chi connectivity index (χ3n) is 1.48. The first-order valence-electron chi connectivity index (χ1n) is 3.28. The number of aromatic carboxylic acids is 1. The van der Waals surface area contributed by atoms with Crippen molar-refractivity contribution in [1.82, 2.24) is 0 Å². The molecule has 0 atom stereocenters. The summed E-state index contributed by atoms with van der Waals surface area (Å²) in [6, 6.07) is 3.62. The van der Waals surface area contributed by atoms with Crippen molar-refractivity contribution < 1.29 is 66.2 Å². The van der Waals surface area contributed by atoms with E-state index in [4.69, 9.17) is 5.73 Å². The van der Waals surface area contributed by atoms with E-state index in [2.05, 4.69) is 0 Å². The molecule has 0 radical (unpaired) electrons. The van der Waals surface area contributed by atoms with Crippen molar-refractivity contribution in [3.63, 3.8) is 0 Å². The standard InChI is InChI=1S/C7H6N2O4.K/c8-4-2-1-3-5(9(12)13)6(4)7(10)11;/h1-3H,8H2,(H,10,11);/q;+1/p-1. The molecule has 0 saturated heterocycles. The smallest absolute Gasteiger partial charge is 0.544 e. The molecule has 0 unspecified atom stereocenters. The van der Waals surface area contributed by atoms with Crippen LogP contribution in [0.2, 0.25) is 0 Å². The number of nitro groups is 1. The van der Waals surface area contributed by atoms with Gasteiger partial charge in [-0.25, -0.2) is 0 Å². The number of carboxylic acid groups (broad SMARTS) is 1. The first-order chi connectivity index (χ1) is 6.04. The van der Waals surface area contributed by atoms with Crippen molar-refractivity contribution in [2.24, 2.45) is 0 Å². The molecule has 1 rings (SSSR count). The molecule has 6 nitrogen and oxygen atoms in total. The van der Waals surface area contributed by atoms with Gasteiger partial charge in [0.2, 0.25) is 0 Å². The van der Waals surface area contributed by atoms with Gasteiger partial charge >= 0.3 is 51.4 Å². The number of carboxylic acids is 1. The zero-order chi connectivity index (χ0) is 10.0. The van der Waals surface area contributed by atoms with Crippen molar-refractivity contribution in [3.05, 3.63) is 33.9 Å². The van der Waals surface area contributed by atoms with Crippen LogP contribution in [0.15, 0.2) is 18.2 Å². The van der Waals surface area contributed by atoms with Gasteiger partial charge in [-0.15, -0.1) is 0 Å². The average molecular weight is 220 g/mol. The van der Waals surface area contributed by atoms with Gasteiger partial charge in [0.25, 0.3) is 5.69 Å². The third kappa shape index (κ3) is 2.76. The van der Waals surface area contributed by atoms with Gasteiger partial charge in [-0.2, -0.15) is 0 Å². The predicted octanol–water partition coefficient (Wildman–Crippen LogP) is -3.46. The van der Waals surface area contributed by atoms with E-state index in [-0.39, 0.29) is 57.1 Å². The number of hydrogen-bond acceptors (Lipinski definition) is 5. The third-order valence-corrected chi connectivity index (χ3v) is 1.48. The number of rotatable bonds is 2. The van der Waals surface area contributed by atoms with Gasteiger partial charge in [0, 0.05) is 11.8 Å². The summed E-state index contributed by atoms with van der Waals surface area (Å²) in [6.45, 7) is 0. The van der Waals surface area contributed by atoms with Crippen LogP contribution >= 0.6 is 0 Å². The SMILES string of the molecule is Nc1cccc([N+](=O)[O-])c1C(=O)[O-].[K+]. The molecular formula is C7H5KN2O4. The van der Waals surface area contributed by atoms with E-state index in [1.807, 2.05) is 0 Å². The molecule has 0 heterocycles. The second-order valence-electron chi connectivity index (χ2n) is 2.29. The minimum Gasteiger partial charge on any atom is -0.544 e. The first kappa shape index (κ1) is 13.5. The molecule has 7 heteroatoms. The molecule has 2 N–H and O–H groups in total. The number of nitro benzene ring substituents is 1. The van der Waals surface area contributed by atoms with Gasteiger partial charge in [0.15, 0.2) is 0 Å². The van der Waals surface area contributed by atoms with Crippen LogP contribution in [0.5, 0.6) is 0 Å². The van der Waals surface area contributed by atoms with Crippen LogP contribution in [0.25, 0.3) is 0 Å². The second-order valence-corrected chi connectivity index (χ2v) is 2.29. The molecule has 1 aromatic rings. The Morgan fingerprint density at radius 3 is 2.36 bits per heavy atom. The Hall–Kier alpha value is -0.474. The molecule has 0 saturated carbocycles.